The Morgan fingerprint density at radius 1 is 1.38 bits per heavy atom. The van der Waals surface area contributed by atoms with E-state index < -0.39 is 0 Å². The summed E-state index contributed by atoms with van der Waals surface area (Å²) < 4.78 is 0. The Morgan fingerprint density at radius 2 is 2.12 bits per heavy atom. The number of hydrogen-bond acceptors (Lipinski definition) is 3. The predicted octanol–water partition coefficient (Wildman–Crippen LogP) is 2.30. The molecule has 0 radical (unpaired) electrons. The molecule has 1 heterocycles. The van der Waals surface area contributed by atoms with Gasteiger partial charge in [0, 0.05) is 18.4 Å². The third kappa shape index (κ3) is 2.43. The van der Waals surface area contributed by atoms with Gasteiger partial charge in [-0.05, 0) is 19.3 Å². The topological polar surface area (TPSA) is 67.6 Å². The molecule has 1 saturated carbocycles. The third-order valence-corrected chi connectivity index (χ3v) is 3.65. The Morgan fingerprint density at radius 3 is 2.75 bits per heavy atom. The van der Waals surface area contributed by atoms with Crippen LogP contribution in [-0.2, 0) is 0 Å². The molecule has 0 spiro atoms. The smallest absolute Gasteiger partial charge is 0.155 e. The van der Waals surface area contributed by atoms with Gasteiger partial charge in [0.2, 0.25) is 0 Å². The van der Waals surface area contributed by atoms with Crippen molar-refractivity contribution in [3.8, 4) is 0 Å². The molecule has 1 aromatic heterocycles. The molecular weight excluding hydrogens is 200 g/mol. The second-order valence-corrected chi connectivity index (χ2v) is 4.75. The molecule has 1 unspecified atom stereocenters. The van der Waals surface area contributed by atoms with Crippen molar-refractivity contribution in [2.45, 2.75) is 57.3 Å². The summed E-state index contributed by atoms with van der Waals surface area (Å²) in [5.74, 6) is 2.91. The monoisotopic (exact) mass is 222 g/mol. The average Bonchev–Trinajstić information content (AvgIpc) is 2.81. The molecule has 0 aliphatic heterocycles. The van der Waals surface area contributed by atoms with Gasteiger partial charge in [-0.1, -0.05) is 26.2 Å². The zero-order valence-corrected chi connectivity index (χ0v) is 10.1. The van der Waals surface area contributed by atoms with Gasteiger partial charge in [-0.25, -0.2) is 4.98 Å². The van der Waals surface area contributed by atoms with E-state index in [9.17, 15) is 0 Å². The second-order valence-electron chi connectivity index (χ2n) is 4.75. The molecule has 3 N–H and O–H groups in total. The van der Waals surface area contributed by atoms with E-state index >= 15 is 0 Å². The lowest BCUT2D eigenvalue weighted by Gasteiger charge is -2.18. The van der Waals surface area contributed by atoms with Crippen LogP contribution in [0.1, 0.15) is 68.9 Å². The van der Waals surface area contributed by atoms with Gasteiger partial charge in [-0.3, -0.25) is 5.10 Å². The zero-order valence-electron chi connectivity index (χ0n) is 10.1. The van der Waals surface area contributed by atoms with E-state index in [0.29, 0.717) is 18.4 Å². The number of nitrogens with one attached hydrogen (secondary N) is 1. The van der Waals surface area contributed by atoms with Crippen LogP contribution in [0.25, 0.3) is 0 Å². The van der Waals surface area contributed by atoms with Gasteiger partial charge in [0.15, 0.2) is 5.82 Å². The zero-order chi connectivity index (χ0) is 11.4. The largest absolute Gasteiger partial charge is 0.330 e. The van der Waals surface area contributed by atoms with Gasteiger partial charge in [-0.2, -0.15) is 5.10 Å². The summed E-state index contributed by atoms with van der Waals surface area (Å²) in [4.78, 5) is 4.63. The summed E-state index contributed by atoms with van der Waals surface area (Å²) in [6.45, 7) is 2.77. The fourth-order valence-corrected chi connectivity index (χ4v) is 2.48. The van der Waals surface area contributed by atoms with Crippen molar-refractivity contribution in [3.63, 3.8) is 0 Å². The first-order valence-electron chi connectivity index (χ1n) is 6.47. The number of H-pyrrole nitrogens is 1. The molecule has 1 aliphatic rings. The van der Waals surface area contributed by atoms with E-state index in [2.05, 4.69) is 22.1 Å². The minimum absolute atomic E-state index is 0.314. The van der Waals surface area contributed by atoms with Crippen molar-refractivity contribution in [3.05, 3.63) is 11.6 Å². The summed E-state index contributed by atoms with van der Waals surface area (Å²) in [5, 5.41) is 7.43. The molecule has 16 heavy (non-hydrogen) atoms. The molecule has 1 aliphatic carbocycles. The van der Waals surface area contributed by atoms with E-state index in [1.165, 1.54) is 32.1 Å². The standard InChI is InChI=1S/C12H22N4/c1-2-9(8-13)11-14-12(16-15-11)10-6-4-3-5-7-10/h9-10H,2-8,13H2,1H3,(H,14,15,16). The van der Waals surface area contributed by atoms with E-state index in [1.807, 2.05) is 0 Å². The van der Waals surface area contributed by atoms with Gasteiger partial charge in [0.25, 0.3) is 0 Å². The maximum atomic E-state index is 5.71. The number of nitrogens with zero attached hydrogens (tertiary/aromatic N) is 2. The lowest BCUT2D eigenvalue weighted by Crippen LogP contribution is -2.13. The summed E-state index contributed by atoms with van der Waals surface area (Å²) in [6.07, 6.45) is 7.56. The summed E-state index contributed by atoms with van der Waals surface area (Å²) in [5.41, 5.74) is 5.71. The Balaban J connectivity index is 2.05. The number of rotatable bonds is 4. The Labute approximate surface area is 97.0 Å². The van der Waals surface area contributed by atoms with Crippen LogP contribution in [0.3, 0.4) is 0 Å². The quantitative estimate of drug-likeness (QED) is 0.821. The van der Waals surface area contributed by atoms with Crippen molar-refractivity contribution in [2.24, 2.45) is 5.73 Å². The summed E-state index contributed by atoms with van der Waals surface area (Å²) in [6, 6.07) is 0. The van der Waals surface area contributed by atoms with E-state index in [0.717, 1.165) is 18.1 Å². The first-order chi connectivity index (χ1) is 7.85. The van der Waals surface area contributed by atoms with Crippen molar-refractivity contribution < 1.29 is 0 Å². The number of aromatic nitrogens is 3. The molecule has 1 fully saturated rings. The molecule has 0 aromatic carbocycles. The second kappa shape index (κ2) is 5.43. The van der Waals surface area contributed by atoms with Gasteiger partial charge in [-0.15, -0.1) is 0 Å². The molecule has 1 aromatic rings. The maximum absolute atomic E-state index is 5.71. The van der Waals surface area contributed by atoms with Crippen molar-refractivity contribution in [2.75, 3.05) is 6.54 Å². The normalized spacial score (nSPS) is 19.9. The Hall–Kier alpha value is -0.900. The first-order valence-corrected chi connectivity index (χ1v) is 6.47. The van der Waals surface area contributed by atoms with Crippen LogP contribution >= 0.6 is 0 Å². The Bertz CT molecular complexity index is 311. The van der Waals surface area contributed by atoms with Crippen LogP contribution in [-0.4, -0.2) is 21.7 Å². The van der Waals surface area contributed by atoms with Crippen LogP contribution in [0.15, 0.2) is 0 Å². The highest BCUT2D eigenvalue weighted by molar-refractivity contribution is 5.03. The number of nitrogens with two attached hydrogens (primary N) is 1. The van der Waals surface area contributed by atoms with Gasteiger partial charge >= 0.3 is 0 Å². The van der Waals surface area contributed by atoms with Crippen LogP contribution < -0.4 is 5.73 Å². The predicted molar refractivity (Wildman–Crippen MR) is 64.3 cm³/mol. The molecular formula is C12H22N4. The molecule has 1 atom stereocenters. The SMILES string of the molecule is CCC(CN)c1n[nH]c(C2CCCCC2)n1. The summed E-state index contributed by atoms with van der Waals surface area (Å²) >= 11 is 0. The van der Waals surface area contributed by atoms with Gasteiger partial charge in [0.1, 0.15) is 5.82 Å². The molecule has 4 heteroatoms. The Kier molecular flexibility index (Phi) is 3.93. The lowest BCUT2D eigenvalue weighted by atomic mass is 9.89. The maximum Gasteiger partial charge on any atom is 0.155 e. The minimum atomic E-state index is 0.314. The van der Waals surface area contributed by atoms with Crippen molar-refractivity contribution in [1.82, 2.24) is 15.2 Å². The van der Waals surface area contributed by atoms with Crippen LogP contribution in [0, 0.1) is 0 Å². The minimum Gasteiger partial charge on any atom is -0.330 e. The average molecular weight is 222 g/mol. The highest BCUT2D eigenvalue weighted by atomic mass is 15.2. The molecule has 0 bridgehead atoms. The van der Waals surface area contributed by atoms with E-state index in [1.54, 1.807) is 0 Å². The number of aromatic amines is 1. The first kappa shape index (κ1) is 11.6. The fraction of sp³-hybridized carbons (Fsp3) is 0.833. The summed E-state index contributed by atoms with van der Waals surface area (Å²) in [7, 11) is 0. The van der Waals surface area contributed by atoms with Crippen LogP contribution in [0.4, 0.5) is 0 Å². The van der Waals surface area contributed by atoms with Crippen molar-refractivity contribution >= 4 is 0 Å². The molecule has 4 nitrogen and oxygen atoms in total. The fourth-order valence-electron chi connectivity index (χ4n) is 2.48. The molecule has 0 saturated heterocycles. The molecule has 2 rings (SSSR count). The van der Waals surface area contributed by atoms with Gasteiger partial charge in [0.05, 0.1) is 0 Å². The van der Waals surface area contributed by atoms with Gasteiger partial charge < -0.3 is 5.73 Å². The highest BCUT2D eigenvalue weighted by Gasteiger charge is 2.20. The lowest BCUT2D eigenvalue weighted by molar-refractivity contribution is 0.429. The van der Waals surface area contributed by atoms with E-state index in [-0.39, 0.29) is 0 Å². The molecule has 0 amide bonds. The van der Waals surface area contributed by atoms with Crippen LogP contribution in [0.2, 0.25) is 0 Å². The van der Waals surface area contributed by atoms with Crippen LogP contribution in [0.5, 0.6) is 0 Å². The highest BCUT2D eigenvalue weighted by Crippen LogP contribution is 2.31. The molecule has 90 valence electrons. The van der Waals surface area contributed by atoms with Crippen molar-refractivity contribution in [1.29, 1.82) is 0 Å². The third-order valence-electron chi connectivity index (χ3n) is 3.65. The number of hydrogen-bond donors (Lipinski definition) is 2. The van der Waals surface area contributed by atoms with E-state index in [4.69, 9.17) is 5.73 Å².